The molecule has 0 saturated heterocycles. The van der Waals surface area contributed by atoms with Gasteiger partial charge in [0.2, 0.25) is 0 Å². The van der Waals surface area contributed by atoms with Gasteiger partial charge in [-0.3, -0.25) is 4.79 Å². The van der Waals surface area contributed by atoms with Crippen LogP contribution in [0.1, 0.15) is 18.1 Å². The molecule has 0 aliphatic carbocycles. The minimum absolute atomic E-state index is 0.0791. The first-order chi connectivity index (χ1) is 7.06. The summed E-state index contributed by atoms with van der Waals surface area (Å²) in [7, 11) is 1.19. The number of carbonyl (C=O) groups excluding carboxylic acids is 1. The SMILES string of the molecule is COC(=O)C[C@H](O)c1c(F)cccc1Cl. The monoisotopic (exact) mass is 232 g/mol. The van der Waals surface area contributed by atoms with E-state index in [0.29, 0.717) is 0 Å². The van der Waals surface area contributed by atoms with Crippen LogP contribution in [0.3, 0.4) is 0 Å². The lowest BCUT2D eigenvalue weighted by Crippen LogP contribution is -2.09. The molecule has 0 spiro atoms. The zero-order valence-corrected chi connectivity index (χ0v) is 8.79. The van der Waals surface area contributed by atoms with Gasteiger partial charge in [0.05, 0.1) is 19.6 Å². The van der Waals surface area contributed by atoms with E-state index in [1.165, 1.54) is 25.3 Å². The van der Waals surface area contributed by atoms with E-state index in [1.54, 1.807) is 0 Å². The van der Waals surface area contributed by atoms with E-state index < -0.39 is 17.9 Å². The minimum Gasteiger partial charge on any atom is -0.469 e. The summed E-state index contributed by atoms with van der Waals surface area (Å²) in [6.07, 6.45) is -1.61. The normalized spacial score (nSPS) is 12.3. The molecule has 0 aromatic heterocycles. The van der Waals surface area contributed by atoms with Crippen molar-refractivity contribution in [3.8, 4) is 0 Å². The third-order valence-electron chi connectivity index (χ3n) is 1.92. The highest BCUT2D eigenvalue weighted by molar-refractivity contribution is 6.31. The van der Waals surface area contributed by atoms with Crippen molar-refractivity contribution in [2.75, 3.05) is 7.11 Å². The maximum atomic E-state index is 13.3. The fraction of sp³-hybridized carbons (Fsp3) is 0.300. The fourth-order valence-corrected chi connectivity index (χ4v) is 1.46. The third kappa shape index (κ3) is 2.91. The van der Waals surface area contributed by atoms with E-state index >= 15 is 0 Å². The van der Waals surface area contributed by atoms with Crippen LogP contribution in [0.2, 0.25) is 5.02 Å². The molecule has 0 radical (unpaired) electrons. The predicted octanol–water partition coefficient (Wildman–Crippen LogP) is 2.08. The van der Waals surface area contributed by atoms with Gasteiger partial charge in [-0.25, -0.2) is 4.39 Å². The van der Waals surface area contributed by atoms with Crippen LogP contribution in [-0.2, 0) is 9.53 Å². The first-order valence-electron chi connectivity index (χ1n) is 4.25. The van der Waals surface area contributed by atoms with Gasteiger partial charge < -0.3 is 9.84 Å². The summed E-state index contributed by atoms with van der Waals surface area (Å²) in [6.45, 7) is 0. The summed E-state index contributed by atoms with van der Waals surface area (Å²) < 4.78 is 17.6. The first-order valence-corrected chi connectivity index (χ1v) is 4.63. The van der Waals surface area contributed by atoms with Gasteiger partial charge in [0.15, 0.2) is 0 Å². The molecule has 1 rings (SSSR count). The highest BCUT2D eigenvalue weighted by Gasteiger charge is 2.19. The Hall–Kier alpha value is -1.13. The molecule has 1 aromatic rings. The molecule has 0 fully saturated rings. The molecule has 15 heavy (non-hydrogen) atoms. The molecular formula is C10H10ClFO3. The van der Waals surface area contributed by atoms with Crippen molar-refractivity contribution in [2.45, 2.75) is 12.5 Å². The molecule has 1 aromatic carbocycles. The second-order valence-electron chi connectivity index (χ2n) is 2.93. The zero-order chi connectivity index (χ0) is 11.4. The molecule has 0 saturated carbocycles. The van der Waals surface area contributed by atoms with Crippen LogP contribution < -0.4 is 0 Å². The van der Waals surface area contributed by atoms with E-state index in [0.717, 1.165) is 0 Å². The summed E-state index contributed by atoms with van der Waals surface area (Å²) in [5.74, 6) is -1.26. The topological polar surface area (TPSA) is 46.5 Å². The number of hydrogen-bond acceptors (Lipinski definition) is 3. The Labute approximate surface area is 91.4 Å². The predicted molar refractivity (Wildman–Crippen MR) is 53.0 cm³/mol. The van der Waals surface area contributed by atoms with E-state index in [2.05, 4.69) is 4.74 Å². The minimum atomic E-state index is -1.29. The second-order valence-corrected chi connectivity index (χ2v) is 3.34. The first kappa shape index (κ1) is 11.9. The smallest absolute Gasteiger partial charge is 0.308 e. The van der Waals surface area contributed by atoms with Gasteiger partial charge in [-0.05, 0) is 12.1 Å². The van der Waals surface area contributed by atoms with Gasteiger partial charge in [-0.1, -0.05) is 17.7 Å². The van der Waals surface area contributed by atoms with Crippen molar-refractivity contribution in [1.29, 1.82) is 0 Å². The maximum absolute atomic E-state index is 13.3. The lowest BCUT2D eigenvalue weighted by molar-refractivity contribution is -0.142. The zero-order valence-electron chi connectivity index (χ0n) is 8.04. The molecule has 0 unspecified atom stereocenters. The Bertz CT molecular complexity index is 347. The van der Waals surface area contributed by atoms with Crippen LogP contribution in [0.25, 0.3) is 0 Å². The molecule has 0 aliphatic heterocycles. The highest BCUT2D eigenvalue weighted by atomic mass is 35.5. The number of hydrogen-bond donors (Lipinski definition) is 1. The second kappa shape index (κ2) is 5.09. The molecule has 1 atom stereocenters. The Morgan fingerprint density at radius 2 is 2.33 bits per heavy atom. The number of methoxy groups -OCH3 is 1. The molecule has 1 N–H and O–H groups in total. The molecule has 3 nitrogen and oxygen atoms in total. The number of benzene rings is 1. The van der Waals surface area contributed by atoms with Crippen molar-refractivity contribution >= 4 is 17.6 Å². The van der Waals surface area contributed by atoms with Gasteiger partial charge in [0, 0.05) is 10.6 Å². The Kier molecular flexibility index (Phi) is 4.05. The van der Waals surface area contributed by atoms with Crippen molar-refractivity contribution in [2.24, 2.45) is 0 Å². The molecule has 5 heteroatoms. The molecule has 0 heterocycles. The average molecular weight is 233 g/mol. The standard InChI is InChI=1S/C10H10ClFO3/c1-15-9(14)5-8(13)10-6(11)3-2-4-7(10)12/h2-4,8,13H,5H2,1H3/t8-/m0/s1. The number of aliphatic hydroxyl groups excluding tert-OH is 1. The van der Waals surface area contributed by atoms with E-state index in [1.807, 2.05) is 0 Å². The number of esters is 1. The number of rotatable bonds is 3. The lowest BCUT2D eigenvalue weighted by Gasteiger charge is -2.11. The third-order valence-corrected chi connectivity index (χ3v) is 2.25. The Morgan fingerprint density at radius 3 is 2.87 bits per heavy atom. The summed E-state index contributed by atoms with van der Waals surface area (Å²) in [5.41, 5.74) is -0.0791. The highest BCUT2D eigenvalue weighted by Crippen LogP contribution is 2.27. The van der Waals surface area contributed by atoms with Gasteiger partial charge in [0.1, 0.15) is 5.82 Å². The molecule has 0 amide bonds. The quantitative estimate of drug-likeness (QED) is 0.812. The van der Waals surface area contributed by atoms with Crippen LogP contribution in [0.4, 0.5) is 4.39 Å². The van der Waals surface area contributed by atoms with Crippen LogP contribution in [0.5, 0.6) is 0 Å². The largest absolute Gasteiger partial charge is 0.469 e. The maximum Gasteiger partial charge on any atom is 0.308 e. The van der Waals surface area contributed by atoms with Crippen molar-refractivity contribution in [3.63, 3.8) is 0 Å². The van der Waals surface area contributed by atoms with Gasteiger partial charge in [0.25, 0.3) is 0 Å². The van der Waals surface area contributed by atoms with Crippen molar-refractivity contribution in [3.05, 3.63) is 34.6 Å². The van der Waals surface area contributed by atoms with Crippen LogP contribution in [0.15, 0.2) is 18.2 Å². The van der Waals surface area contributed by atoms with Crippen LogP contribution in [0, 0.1) is 5.82 Å². The van der Waals surface area contributed by atoms with Crippen LogP contribution >= 0.6 is 11.6 Å². The number of ether oxygens (including phenoxy) is 1. The average Bonchev–Trinajstić information content (AvgIpc) is 2.17. The van der Waals surface area contributed by atoms with Crippen LogP contribution in [-0.4, -0.2) is 18.2 Å². The lowest BCUT2D eigenvalue weighted by atomic mass is 10.1. The molecule has 0 bridgehead atoms. The number of halogens is 2. The van der Waals surface area contributed by atoms with Gasteiger partial charge in [-0.2, -0.15) is 0 Å². The molecule has 0 aliphatic rings. The summed E-state index contributed by atoms with van der Waals surface area (Å²) in [5, 5.41) is 9.65. The fourth-order valence-electron chi connectivity index (χ4n) is 1.17. The summed E-state index contributed by atoms with van der Waals surface area (Å²) in [6, 6.07) is 4.04. The summed E-state index contributed by atoms with van der Waals surface area (Å²) >= 11 is 5.70. The summed E-state index contributed by atoms with van der Waals surface area (Å²) in [4.78, 5) is 10.9. The van der Waals surface area contributed by atoms with E-state index in [9.17, 15) is 14.3 Å². The molecular weight excluding hydrogens is 223 g/mol. The van der Waals surface area contributed by atoms with Gasteiger partial charge in [-0.15, -0.1) is 0 Å². The molecule has 82 valence electrons. The number of carbonyl (C=O) groups is 1. The Balaban J connectivity index is 2.90. The van der Waals surface area contributed by atoms with Crippen molar-refractivity contribution < 1.29 is 19.0 Å². The van der Waals surface area contributed by atoms with E-state index in [4.69, 9.17) is 11.6 Å². The Morgan fingerprint density at radius 1 is 1.67 bits per heavy atom. The van der Waals surface area contributed by atoms with Gasteiger partial charge >= 0.3 is 5.97 Å². The van der Waals surface area contributed by atoms with E-state index in [-0.39, 0.29) is 17.0 Å². The number of aliphatic hydroxyl groups is 1. The van der Waals surface area contributed by atoms with Crippen molar-refractivity contribution in [1.82, 2.24) is 0 Å².